The van der Waals surface area contributed by atoms with E-state index >= 15 is 0 Å². The van der Waals surface area contributed by atoms with Crippen molar-refractivity contribution >= 4 is 17.9 Å². The summed E-state index contributed by atoms with van der Waals surface area (Å²) < 4.78 is 17.0. The minimum Gasteiger partial charge on any atom is -0.462 e. The second-order valence-electron chi connectivity index (χ2n) is 23.1. The molecule has 76 heavy (non-hydrogen) atoms. The molecule has 6 nitrogen and oxygen atoms in total. The minimum atomic E-state index is -0.775. The smallest absolute Gasteiger partial charge is 0.306 e. The summed E-state index contributed by atoms with van der Waals surface area (Å²) in [5.41, 5.74) is 0. The van der Waals surface area contributed by atoms with Gasteiger partial charge in [0.05, 0.1) is 0 Å². The van der Waals surface area contributed by atoms with Crippen molar-refractivity contribution in [3.05, 3.63) is 36.5 Å². The van der Waals surface area contributed by atoms with E-state index in [2.05, 4.69) is 57.2 Å². The van der Waals surface area contributed by atoms with Crippen molar-refractivity contribution in [2.24, 2.45) is 0 Å². The monoisotopic (exact) mass is 1070 g/mol. The Labute approximate surface area is 474 Å². The van der Waals surface area contributed by atoms with E-state index in [1.807, 2.05) is 0 Å². The van der Waals surface area contributed by atoms with Crippen LogP contribution < -0.4 is 0 Å². The molecule has 0 aromatic rings. The van der Waals surface area contributed by atoms with Gasteiger partial charge in [-0.2, -0.15) is 0 Å². The Morgan fingerprint density at radius 1 is 0.263 bits per heavy atom. The van der Waals surface area contributed by atoms with Crippen LogP contribution in [0.15, 0.2) is 36.5 Å². The van der Waals surface area contributed by atoms with Crippen molar-refractivity contribution < 1.29 is 28.6 Å². The van der Waals surface area contributed by atoms with Crippen molar-refractivity contribution in [1.29, 1.82) is 0 Å². The molecule has 0 saturated heterocycles. The number of carbonyl (C=O) groups excluding carboxylic acids is 3. The van der Waals surface area contributed by atoms with Gasteiger partial charge in [0, 0.05) is 19.3 Å². The van der Waals surface area contributed by atoms with Gasteiger partial charge in [0.2, 0.25) is 0 Å². The van der Waals surface area contributed by atoms with Crippen LogP contribution in [0.2, 0.25) is 0 Å². The number of carbonyl (C=O) groups is 3. The zero-order valence-corrected chi connectivity index (χ0v) is 51.3. The van der Waals surface area contributed by atoms with Crippen LogP contribution in [-0.2, 0) is 28.6 Å². The van der Waals surface area contributed by atoms with Gasteiger partial charge in [-0.1, -0.05) is 333 Å². The van der Waals surface area contributed by atoms with Crippen LogP contribution >= 0.6 is 0 Å². The number of hydrogen-bond acceptors (Lipinski definition) is 6. The van der Waals surface area contributed by atoms with E-state index in [1.165, 1.54) is 257 Å². The van der Waals surface area contributed by atoms with E-state index in [0.717, 1.165) is 77.0 Å². The lowest BCUT2D eigenvalue weighted by molar-refractivity contribution is -0.167. The number of esters is 3. The molecular weight excluding hydrogens is 937 g/mol. The Kier molecular flexibility index (Phi) is 63.1. The van der Waals surface area contributed by atoms with Gasteiger partial charge in [0.25, 0.3) is 0 Å². The molecule has 0 aliphatic carbocycles. The average molecular weight is 1070 g/mol. The third-order valence-corrected chi connectivity index (χ3v) is 15.4. The SMILES string of the molecule is CCCCCCC/C=C\C/C=C\C/C=C\CCCCCCCCC(=O)OCC(COC(=O)CCCCCCCCCCCCCCCCCCCC)OC(=O)CCCCCCCCCCCCCCCCCCCCC. The summed E-state index contributed by atoms with van der Waals surface area (Å²) in [5.74, 6) is -0.854. The molecule has 0 aliphatic heterocycles. The van der Waals surface area contributed by atoms with Gasteiger partial charge < -0.3 is 14.2 Å². The van der Waals surface area contributed by atoms with E-state index in [0.29, 0.717) is 19.3 Å². The van der Waals surface area contributed by atoms with E-state index in [-0.39, 0.29) is 31.1 Å². The highest BCUT2D eigenvalue weighted by Crippen LogP contribution is 2.18. The summed E-state index contributed by atoms with van der Waals surface area (Å²) in [5, 5.41) is 0. The van der Waals surface area contributed by atoms with Crippen LogP contribution in [0.3, 0.4) is 0 Å². The predicted octanol–water partition coefficient (Wildman–Crippen LogP) is 23.2. The van der Waals surface area contributed by atoms with Crippen LogP contribution in [0, 0.1) is 0 Å². The molecule has 0 rings (SSSR count). The fraction of sp³-hybridized carbons (Fsp3) is 0.871. The van der Waals surface area contributed by atoms with Gasteiger partial charge in [-0.25, -0.2) is 0 Å². The Balaban J connectivity index is 4.34. The first-order valence-corrected chi connectivity index (χ1v) is 34.0. The average Bonchev–Trinajstić information content (AvgIpc) is 3.42. The molecule has 0 aromatic heterocycles. The minimum absolute atomic E-state index is 0.0705. The normalized spacial score (nSPS) is 12.2. The van der Waals surface area contributed by atoms with Gasteiger partial charge in [0.1, 0.15) is 13.2 Å². The first kappa shape index (κ1) is 73.6. The molecule has 0 heterocycles. The van der Waals surface area contributed by atoms with Crippen molar-refractivity contribution in [3.63, 3.8) is 0 Å². The zero-order chi connectivity index (χ0) is 55.0. The molecule has 0 aromatic carbocycles. The van der Waals surface area contributed by atoms with Gasteiger partial charge >= 0.3 is 17.9 Å². The quantitative estimate of drug-likeness (QED) is 0.0261. The predicted molar refractivity (Wildman–Crippen MR) is 330 cm³/mol. The zero-order valence-electron chi connectivity index (χ0n) is 51.3. The topological polar surface area (TPSA) is 78.9 Å². The maximum atomic E-state index is 12.9. The molecule has 0 saturated carbocycles. The van der Waals surface area contributed by atoms with Crippen LogP contribution in [0.5, 0.6) is 0 Å². The fourth-order valence-electron chi connectivity index (χ4n) is 10.3. The molecule has 0 radical (unpaired) electrons. The molecule has 0 aliphatic rings. The number of ether oxygens (including phenoxy) is 3. The Morgan fingerprint density at radius 2 is 0.474 bits per heavy atom. The molecule has 1 unspecified atom stereocenters. The maximum Gasteiger partial charge on any atom is 0.306 e. The fourth-order valence-corrected chi connectivity index (χ4v) is 10.3. The molecule has 0 fully saturated rings. The van der Waals surface area contributed by atoms with E-state index in [1.54, 1.807) is 0 Å². The van der Waals surface area contributed by atoms with E-state index in [9.17, 15) is 14.4 Å². The highest BCUT2D eigenvalue weighted by Gasteiger charge is 2.19. The second kappa shape index (κ2) is 65.2. The first-order chi connectivity index (χ1) is 37.5. The lowest BCUT2D eigenvalue weighted by Crippen LogP contribution is -2.30. The van der Waals surface area contributed by atoms with Gasteiger partial charge in [-0.15, -0.1) is 0 Å². The summed E-state index contributed by atoms with van der Waals surface area (Å²) in [6.45, 7) is 6.70. The molecular formula is C70H130O6. The van der Waals surface area contributed by atoms with Crippen molar-refractivity contribution in [2.45, 2.75) is 380 Å². The lowest BCUT2D eigenvalue weighted by Gasteiger charge is -2.18. The summed E-state index contributed by atoms with van der Waals surface area (Å²) in [4.78, 5) is 38.4. The Hall–Kier alpha value is -2.37. The first-order valence-electron chi connectivity index (χ1n) is 34.0. The third-order valence-electron chi connectivity index (χ3n) is 15.4. The van der Waals surface area contributed by atoms with Crippen LogP contribution in [-0.4, -0.2) is 37.2 Å². The molecule has 0 amide bonds. The maximum absolute atomic E-state index is 12.9. The standard InChI is InChI=1S/C70H130O6/c1-4-7-10-13-16-19-22-25-28-31-34-35-37-39-42-45-48-51-54-57-60-63-69(72)75-66-67(65-74-68(71)62-59-56-53-50-47-44-41-38-33-30-27-24-21-18-15-12-9-6-3)76-70(73)64-61-58-55-52-49-46-43-40-36-32-29-26-23-20-17-14-11-8-5-2/h22,25,31,34,37,39,67H,4-21,23-24,26-30,32-33,35-36,38,40-66H2,1-3H3/b25-22-,34-31-,39-37-. The largest absolute Gasteiger partial charge is 0.462 e. The number of hydrogen-bond donors (Lipinski definition) is 0. The van der Waals surface area contributed by atoms with Crippen LogP contribution in [0.25, 0.3) is 0 Å². The summed E-state index contributed by atoms with van der Waals surface area (Å²) in [6.07, 6.45) is 80.1. The molecule has 0 spiro atoms. The van der Waals surface area contributed by atoms with Crippen LogP contribution in [0.1, 0.15) is 374 Å². The van der Waals surface area contributed by atoms with Gasteiger partial charge in [-0.05, 0) is 57.8 Å². The van der Waals surface area contributed by atoms with Gasteiger partial charge in [0.15, 0.2) is 6.10 Å². The van der Waals surface area contributed by atoms with E-state index in [4.69, 9.17) is 14.2 Å². The molecule has 446 valence electrons. The summed E-state index contributed by atoms with van der Waals surface area (Å²) in [6, 6.07) is 0. The number of allylic oxidation sites excluding steroid dienone is 6. The third kappa shape index (κ3) is 62.5. The summed E-state index contributed by atoms with van der Waals surface area (Å²) >= 11 is 0. The Bertz CT molecular complexity index is 1270. The number of rotatable bonds is 63. The van der Waals surface area contributed by atoms with Crippen LogP contribution in [0.4, 0.5) is 0 Å². The summed E-state index contributed by atoms with van der Waals surface area (Å²) in [7, 11) is 0. The van der Waals surface area contributed by atoms with Crippen molar-refractivity contribution in [2.75, 3.05) is 13.2 Å². The van der Waals surface area contributed by atoms with Gasteiger partial charge in [-0.3, -0.25) is 14.4 Å². The molecule has 0 bridgehead atoms. The highest BCUT2D eigenvalue weighted by molar-refractivity contribution is 5.71. The molecule has 6 heteroatoms. The number of unbranched alkanes of at least 4 members (excludes halogenated alkanes) is 46. The van der Waals surface area contributed by atoms with Crippen molar-refractivity contribution in [3.8, 4) is 0 Å². The molecule has 1 atom stereocenters. The second-order valence-corrected chi connectivity index (χ2v) is 23.1. The Morgan fingerprint density at radius 3 is 0.737 bits per heavy atom. The van der Waals surface area contributed by atoms with Crippen molar-refractivity contribution in [1.82, 2.24) is 0 Å². The highest BCUT2D eigenvalue weighted by atomic mass is 16.6. The van der Waals surface area contributed by atoms with E-state index < -0.39 is 6.10 Å². The molecule has 0 N–H and O–H groups in total. The lowest BCUT2D eigenvalue weighted by atomic mass is 10.0.